The van der Waals surface area contributed by atoms with Gasteiger partial charge < -0.3 is 4.74 Å². The minimum atomic E-state index is -0.278. The maximum Gasteiger partial charge on any atom is 0.273 e. The number of rotatable bonds is 5. The first-order chi connectivity index (χ1) is 8.17. The quantitative estimate of drug-likeness (QED) is 0.579. The maximum atomic E-state index is 11.1. The first-order valence-electron chi connectivity index (χ1n) is 5.98. The van der Waals surface area contributed by atoms with Crippen molar-refractivity contribution in [3.63, 3.8) is 0 Å². The Hall–Kier alpha value is -1.42. The van der Waals surface area contributed by atoms with Crippen LogP contribution in [0.25, 0.3) is 0 Å². The van der Waals surface area contributed by atoms with Gasteiger partial charge in [-0.25, -0.2) is 0 Å². The lowest BCUT2D eigenvalue weighted by molar-refractivity contribution is -0.385. The van der Waals surface area contributed by atoms with E-state index in [0.29, 0.717) is 5.92 Å². The second-order valence-electron chi connectivity index (χ2n) is 4.48. The molecule has 4 heteroatoms. The average molecular weight is 235 g/mol. The van der Waals surface area contributed by atoms with E-state index in [1.165, 1.54) is 0 Å². The van der Waals surface area contributed by atoms with Crippen molar-refractivity contribution in [2.75, 3.05) is 7.11 Å². The van der Waals surface area contributed by atoms with Crippen molar-refractivity contribution in [3.8, 4) is 0 Å². The molecule has 2 rings (SSSR count). The van der Waals surface area contributed by atoms with Crippen molar-refractivity contribution < 1.29 is 9.66 Å². The summed E-state index contributed by atoms with van der Waals surface area (Å²) in [6.45, 7) is 2.01. The summed E-state index contributed by atoms with van der Waals surface area (Å²) in [6.07, 6.45) is 2.90. The molecule has 1 atom stereocenters. The van der Waals surface area contributed by atoms with Gasteiger partial charge in [0, 0.05) is 18.7 Å². The summed E-state index contributed by atoms with van der Waals surface area (Å²) in [4.78, 5) is 10.8. The number of ether oxygens (including phenoxy) is 1. The molecule has 0 aromatic heterocycles. The Morgan fingerprint density at radius 3 is 2.71 bits per heavy atom. The van der Waals surface area contributed by atoms with Crippen LogP contribution >= 0.6 is 0 Å². The Balaban J connectivity index is 2.37. The molecule has 0 heterocycles. The molecule has 0 radical (unpaired) electrons. The highest BCUT2D eigenvalue weighted by Gasteiger charge is 2.31. The van der Waals surface area contributed by atoms with Crippen molar-refractivity contribution >= 4 is 5.69 Å². The Bertz CT molecular complexity index is 423. The molecule has 0 bridgehead atoms. The molecule has 0 saturated heterocycles. The first kappa shape index (κ1) is 12.0. The van der Waals surface area contributed by atoms with E-state index in [4.69, 9.17) is 4.74 Å². The number of benzene rings is 1. The van der Waals surface area contributed by atoms with E-state index in [0.717, 1.165) is 30.4 Å². The van der Waals surface area contributed by atoms with E-state index in [2.05, 4.69) is 0 Å². The zero-order valence-electron chi connectivity index (χ0n) is 10.2. The summed E-state index contributed by atoms with van der Waals surface area (Å²) >= 11 is 0. The van der Waals surface area contributed by atoms with E-state index < -0.39 is 0 Å². The minimum Gasteiger partial charge on any atom is -0.377 e. The number of methoxy groups -OCH3 is 1. The van der Waals surface area contributed by atoms with Crippen molar-refractivity contribution in [2.45, 2.75) is 38.2 Å². The molecule has 0 amide bonds. The smallest absolute Gasteiger partial charge is 0.273 e. The van der Waals surface area contributed by atoms with Crippen molar-refractivity contribution in [1.29, 1.82) is 0 Å². The molecule has 1 fully saturated rings. The molecular formula is C13H17NO3. The third-order valence-electron chi connectivity index (χ3n) is 3.30. The number of nitrogens with zero attached hydrogens (tertiary/aromatic N) is 1. The molecule has 1 aromatic rings. The van der Waals surface area contributed by atoms with E-state index in [-0.39, 0.29) is 16.7 Å². The van der Waals surface area contributed by atoms with Crippen molar-refractivity contribution in [2.24, 2.45) is 0 Å². The van der Waals surface area contributed by atoms with Gasteiger partial charge in [-0.05, 0) is 30.7 Å². The van der Waals surface area contributed by atoms with Crippen LogP contribution in [0.1, 0.15) is 49.3 Å². The molecule has 1 aliphatic carbocycles. The maximum absolute atomic E-state index is 11.1. The van der Waals surface area contributed by atoms with E-state index >= 15 is 0 Å². The molecule has 1 aromatic carbocycles. The fraction of sp³-hybridized carbons (Fsp3) is 0.538. The third kappa shape index (κ3) is 2.47. The van der Waals surface area contributed by atoms with Crippen molar-refractivity contribution in [3.05, 3.63) is 39.4 Å². The summed E-state index contributed by atoms with van der Waals surface area (Å²) in [7, 11) is 1.63. The molecule has 0 N–H and O–H groups in total. The van der Waals surface area contributed by atoms with E-state index in [9.17, 15) is 10.1 Å². The van der Waals surface area contributed by atoms with Gasteiger partial charge in [-0.15, -0.1) is 0 Å². The monoisotopic (exact) mass is 235 g/mol. The largest absolute Gasteiger partial charge is 0.377 e. The molecule has 1 unspecified atom stereocenters. The van der Waals surface area contributed by atoms with Crippen LogP contribution in [0.2, 0.25) is 0 Å². The lowest BCUT2D eigenvalue weighted by Crippen LogP contribution is -2.02. The number of hydrogen-bond donors (Lipinski definition) is 0. The van der Waals surface area contributed by atoms with Crippen LogP contribution in [0.15, 0.2) is 18.2 Å². The highest BCUT2D eigenvalue weighted by molar-refractivity contribution is 5.47. The van der Waals surface area contributed by atoms with Gasteiger partial charge >= 0.3 is 0 Å². The Labute approximate surface area is 101 Å². The molecule has 4 nitrogen and oxygen atoms in total. The Kier molecular flexibility index (Phi) is 3.43. The second-order valence-corrected chi connectivity index (χ2v) is 4.48. The van der Waals surface area contributed by atoms with E-state index in [1.807, 2.05) is 19.1 Å². The van der Waals surface area contributed by atoms with Crippen LogP contribution < -0.4 is 0 Å². The summed E-state index contributed by atoms with van der Waals surface area (Å²) in [6, 6.07) is 5.52. The molecule has 92 valence electrons. The van der Waals surface area contributed by atoms with Crippen LogP contribution in [0.4, 0.5) is 5.69 Å². The molecule has 0 aliphatic heterocycles. The summed E-state index contributed by atoms with van der Waals surface area (Å²) in [5, 5.41) is 11.1. The van der Waals surface area contributed by atoms with Gasteiger partial charge in [-0.3, -0.25) is 10.1 Å². The van der Waals surface area contributed by atoms with Crippen LogP contribution in [0.3, 0.4) is 0 Å². The van der Waals surface area contributed by atoms with Crippen LogP contribution in [-0.2, 0) is 4.74 Å². The standard InChI is InChI=1S/C13H17NO3/c1-3-13(17-2)10-6-7-11(9-4-5-9)12(8-10)14(15)16/h6-9,13H,3-5H2,1-2H3. The van der Waals surface area contributed by atoms with Gasteiger partial charge in [0.1, 0.15) is 0 Å². The number of nitro benzene ring substituents is 1. The molecule has 1 aliphatic rings. The highest BCUT2D eigenvalue weighted by atomic mass is 16.6. The Morgan fingerprint density at radius 2 is 2.24 bits per heavy atom. The number of nitro groups is 1. The lowest BCUT2D eigenvalue weighted by Gasteiger charge is -2.14. The normalized spacial score (nSPS) is 16.8. The molecule has 0 spiro atoms. The van der Waals surface area contributed by atoms with Crippen molar-refractivity contribution in [1.82, 2.24) is 0 Å². The van der Waals surface area contributed by atoms with Gasteiger partial charge in [0.2, 0.25) is 0 Å². The average Bonchev–Trinajstić information content (AvgIpc) is 3.14. The van der Waals surface area contributed by atoms with Crippen LogP contribution in [0, 0.1) is 10.1 Å². The fourth-order valence-electron chi connectivity index (χ4n) is 2.20. The Morgan fingerprint density at radius 1 is 1.53 bits per heavy atom. The minimum absolute atomic E-state index is 0.0537. The lowest BCUT2D eigenvalue weighted by atomic mass is 10.0. The van der Waals surface area contributed by atoms with Crippen LogP contribution in [-0.4, -0.2) is 12.0 Å². The molecule has 1 saturated carbocycles. The second kappa shape index (κ2) is 4.84. The number of hydrogen-bond acceptors (Lipinski definition) is 3. The first-order valence-corrected chi connectivity index (χ1v) is 5.98. The fourth-order valence-corrected chi connectivity index (χ4v) is 2.20. The van der Waals surface area contributed by atoms with Gasteiger partial charge in [0.15, 0.2) is 0 Å². The molecule has 17 heavy (non-hydrogen) atoms. The summed E-state index contributed by atoms with van der Waals surface area (Å²) in [5.74, 6) is 0.395. The SMILES string of the molecule is CCC(OC)c1ccc(C2CC2)c([N+](=O)[O-])c1. The third-order valence-corrected chi connectivity index (χ3v) is 3.30. The highest BCUT2D eigenvalue weighted by Crippen LogP contribution is 2.44. The van der Waals surface area contributed by atoms with Crippen LogP contribution in [0.5, 0.6) is 0 Å². The summed E-state index contributed by atoms with van der Waals surface area (Å²) in [5.41, 5.74) is 2.02. The van der Waals surface area contributed by atoms with Gasteiger partial charge in [-0.1, -0.05) is 19.1 Å². The molecular weight excluding hydrogens is 218 g/mol. The zero-order valence-corrected chi connectivity index (χ0v) is 10.2. The van der Waals surface area contributed by atoms with Gasteiger partial charge in [0.25, 0.3) is 5.69 Å². The van der Waals surface area contributed by atoms with E-state index in [1.54, 1.807) is 13.2 Å². The van der Waals surface area contributed by atoms with Gasteiger partial charge in [-0.2, -0.15) is 0 Å². The zero-order chi connectivity index (χ0) is 12.4. The topological polar surface area (TPSA) is 52.4 Å². The summed E-state index contributed by atoms with van der Waals surface area (Å²) < 4.78 is 5.31. The predicted molar refractivity (Wildman–Crippen MR) is 65.1 cm³/mol. The predicted octanol–water partition coefficient (Wildman–Crippen LogP) is 3.57. The van der Waals surface area contributed by atoms with Gasteiger partial charge in [0.05, 0.1) is 11.0 Å².